The molecule has 150 valence electrons. The summed E-state index contributed by atoms with van der Waals surface area (Å²) in [5.41, 5.74) is 4.90. The number of benzene rings is 2. The minimum Gasteiger partial charge on any atom is -0.369 e. The number of nitrogens with one attached hydrogen (secondary N) is 1. The van der Waals surface area contributed by atoms with E-state index in [-0.39, 0.29) is 18.4 Å². The van der Waals surface area contributed by atoms with Gasteiger partial charge < -0.3 is 15.1 Å². The van der Waals surface area contributed by atoms with Gasteiger partial charge in [-0.3, -0.25) is 14.5 Å². The van der Waals surface area contributed by atoms with Crippen LogP contribution in [0.1, 0.15) is 21.5 Å². The Morgan fingerprint density at radius 1 is 1.07 bits per heavy atom. The van der Waals surface area contributed by atoms with E-state index in [9.17, 15) is 9.59 Å². The standard InChI is InChI=1S/C23H26N4O2/c1-16-14-18(26-12-10-25(3)11-13-26)8-9-21(16)24-22(28)15-27-17(2)19-6-4-5-7-20(19)23(27)29/h4-9,14H,2,10-13,15H2,1,3H3,(H,24,28). The lowest BCUT2D eigenvalue weighted by atomic mass is 10.1. The van der Waals surface area contributed by atoms with Crippen LogP contribution in [0.15, 0.2) is 49.0 Å². The molecule has 2 heterocycles. The van der Waals surface area contributed by atoms with E-state index in [2.05, 4.69) is 34.8 Å². The van der Waals surface area contributed by atoms with Gasteiger partial charge in [-0.2, -0.15) is 0 Å². The summed E-state index contributed by atoms with van der Waals surface area (Å²) in [7, 11) is 2.14. The maximum Gasteiger partial charge on any atom is 0.259 e. The summed E-state index contributed by atoms with van der Waals surface area (Å²) < 4.78 is 0. The Kier molecular flexibility index (Phi) is 5.11. The van der Waals surface area contributed by atoms with Crippen molar-refractivity contribution in [1.29, 1.82) is 0 Å². The van der Waals surface area contributed by atoms with E-state index >= 15 is 0 Å². The minimum atomic E-state index is -0.234. The van der Waals surface area contributed by atoms with Crippen molar-refractivity contribution < 1.29 is 9.59 Å². The summed E-state index contributed by atoms with van der Waals surface area (Å²) in [6, 6.07) is 13.4. The zero-order chi connectivity index (χ0) is 20.5. The van der Waals surface area contributed by atoms with Crippen LogP contribution >= 0.6 is 0 Å². The van der Waals surface area contributed by atoms with Crippen LogP contribution in [0.25, 0.3) is 5.70 Å². The highest BCUT2D eigenvalue weighted by molar-refractivity contribution is 6.11. The Labute approximate surface area is 171 Å². The van der Waals surface area contributed by atoms with Gasteiger partial charge in [0.05, 0.1) is 0 Å². The number of nitrogens with zero attached hydrogens (tertiary/aromatic N) is 3. The predicted molar refractivity (Wildman–Crippen MR) is 116 cm³/mol. The number of aryl methyl sites for hydroxylation is 1. The molecular weight excluding hydrogens is 364 g/mol. The van der Waals surface area contributed by atoms with Gasteiger partial charge in [0.15, 0.2) is 0 Å². The summed E-state index contributed by atoms with van der Waals surface area (Å²) in [6.45, 7) is 10.0. The molecule has 0 aromatic heterocycles. The van der Waals surface area contributed by atoms with Crippen molar-refractivity contribution >= 4 is 28.9 Å². The van der Waals surface area contributed by atoms with Gasteiger partial charge in [0, 0.05) is 54.4 Å². The molecule has 2 aromatic carbocycles. The molecule has 0 saturated carbocycles. The smallest absolute Gasteiger partial charge is 0.259 e. The third-order valence-electron chi connectivity index (χ3n) is 5.69. The highest BCUT2D eigenvalue weighted by atomic mass is 16.2. The topological polar surface area (TPSA) is 55.9 Å². The number of hydrogen-bond donors (Lipinski definition) is 1. The maximum atomic E-state index is 12.6. The molecule has 1 fully saturated rings. The van der Waals surface area contributed by atoms with Crippen molar-refractivity contribution in [1.82, 2.24) is 9.80 Å². The number of carbonyl (C=O) groups is 2. The largest absolute Gasteiger partial charge is 0.369 e. The van der Waals surface area contributed by atoms with Crippen LogP contribution in [0.3, 0.4) is 0 Å². The number of amides is 2. The van der Waals surface area contributed by atoms with E-state index in [1.807, 2.05) is 37.3 Å². The molecule has 0 atom stereocenters. The third-order valence-corrected chi connectivity index (χ3v) is 5.69. The highest BCUT2D eigenvalue weighted by Gasteiger charge is 2.31. The van der Waals surface area contributed by atoms with E-state index < -0.39 is 0 Å². The van der Waals surface area contributed by atoms with Gasteiger partial charge in [-0.1, -0.05) is 24.8 Å². The lowest BCUT2D eigenvalue weighted by Gasteiger charge is -2.34. The monoisotopic (exact) mass is 390 g/mol. The molecule has 29 heavy (non-hydrogen) atoms. The molecule has 1 N–H and O–H groups in total. The summed E-state index contributed by atoms with van der Waals surface area (Å²) in [5.74, 6) is -0.411. The van der Waals surface area contributed by atoms with Crippen LogP contribution in [-0.4, -0.2) is 61.4 Å². The van der Waals surface area contributed by atoms with Gasteiger partial charge in [-0.25, -0.2) is 0 Å². The van der Waals surface area contributed by atoms with Crippen molar-refractivity contribution in [3.05, 3.63) is 65.7 Å². The number of likely N-dealkylation sites (N-methyl/N-ethyl adjacent to an activating group) is 1. The number of rotatable bonds is 4. The Hall–Kier alpha value is -3.12. The van der Waals surface area contributed by atoms with E-state index in [0.29, 0.717) is 11.3 Å². The van der Waals surface area contributed by atoms with Gasteiger partial charge in [-0.05, 0) is 43.8 Å². The SMILES string of the molecule is C=C1c2ccccc2C(=O)N1CC(=O)Nc1ccc(N2CCN(C)CC2)cc1C. The summed E-state index contributed by atoms with van der Waals surface area (Å²) >= 11 is 0. The van der Waals surface area contributed by atoms with Crippen LogP contribution in [0, 0.1) is 6.92 Å². The molecule has 0 unspecified atom stereocenters. The van der Waals surface area contributed by atoms with Crippen LogP contribution in [0.4, 0.5) is 11.4 Å². The highest BCUT2D eigenvalue weighted by Crippen LogP contribution is 2.31. The normalized spacial score (nSPS) is 16.9. The van der Waals surface area contributed by atoms with Crippen molar-refractivity contribution in [2.24, 2.45) is 0 Å². The molecule has 0 aliphatic carbocycles. The minimum absolute atomic E-state index is 0.0496. The quantitative estimate of drug-likeness (QED) is 0.872. The van der Waals surface area contributed by atoms with Crippen LogP contribution in [-0.2, 0) is 4.79 Å². The third kappa shape index (κ3) is 3.76. The number of anilines is 2. The first-order chi connectivity index (χ1) is 13.9. The fraction of sp³-hybridized carbons (Fsp3) is 0.304. The van der Waals surface area contributed by atoms with Gasteiger partial charge in [-0.15, -0.1) is 0 Å². The number of fused-ring (bicyclic) bond motifs is 1. The second kappa shape index (κ2) is 7.72. The van der Waals surface area contributed by atoms with Crippen molar-refractivity contribution in [3.63, 3.8) is 0 Å². The number of hydrogen-bond acceptors (Lipinski definition) is 4. The molecular formula is C23H26N4O2. The lowest BCUT2D eigenvalue weighted by molar-refractivity contribution is -0.116. The first kappa shape index (κ1) is 19.2. The molecule has 0 bridgehead atoms. The van der Waals surface area contributed by atoms with Crippen molar-refractivity contribution in [2.45, 2.75) is 6.92 Å². The van der Waals surface area contributed by atoms with Crippen molar-refractivity contribution in [2.75, 3.05) is 50.0 Å². The Morgan fingerprint density at radius 3 is 2.41 bits per heavy atom. The van der Waals surface area contributed by atoms with Gasteiger partial charge >= 0.3 is 0 Å². The van der Waals surface area contributed by atoms with E-state index in [1.54, 1.807) is 6.07 Å². The molecule has 6 heteroatoms. The molecule has 6 nitrogen and oxygen atoms in total. The summed E-state index contributed by atoms with van der Waals surface area (Å²) in [6.07, 6.45) is 0. The maximum absolute atomic E-state index is 12.6. The molecule has 0 spiro atoms. The van der Waals surface area contributed by atoms with Gasteiger partial charge in [0.2, 0.25) is 5.91 Å². The van der Waals surface area contributed by atoms with E-state index in [4.69, 9.17) is 0 Å². The fourth-order valence-electron chi connectivity index (χ4n) is 3.88. The second-order valence-electron chi connectivity index (χ2n) is 7.72. The summed E-state index contributed by atoms with van der Waals surface area (Å²) in [5, 5.41) is 2.94. The molecule has 2 aromatic rings. The van der Waals surface area contributed by atoms with E-state index in [1.165, 1.54) is 10.6 Å². The zero-order valence-electron chi connectivity index (χ0n) is 16.9. The zero-order valence-corrected chi connectivity index (χ0v) is 16.9. The van der Waals surface area contributed by atoms with E-state index in [0.717, 1.165) is 43.0 Å². The predicted octanol–water partition coefficient (Wildman–Crippen LogP) is 2.81. The number of piperazine rings is 1. The Morgan fingerprint density at radius 2 is 1.76 bits per heavy atom. The first-order valence-corrected chi connectivity index (χ1v) is 9.88. The molecule has 2 amide bonds. The molecule has 1 saturated heterocycles. The van der Waals surface area contributed by atoms with Crippen LogP contribution in [0.5, 0.6) is 0 Å². The average Bonchev–Trinajstić information content (AvgIpc) is 2.95. The van der Waals surface area contributed by atoms with Crippen LogP contribution < -0.4 is 10.2 Å². The molecule has 2 aliphatic rings. The molecule has 4 rings (SSSR count). The fourth-order valence-corrected chi connectivity index (χ4v) is 3.88. The molecule has 2 aliphatic heterocycles. The van der Waals surface area contributed by atoms with Crippen molar-refractivity contribution in [3.8, 4) is 0 Å². The second-order valence-corrected chi connectivity index (χ2v) is 7.72. The summed E-state index contributed by atoms with van der Waals surface area (Å²) in [4.78, 5) is 31.3. The first-order valence-electron chi connectivity index (χ1n) is 9.88. The van der Waals surface area contributed by atoms with Gasteiger partial charge in [0.25, 0.3) is 5.91 Å². The Bertz CT molecular complexity index is 942. The molecule has 0 radical (unpaired) electrons. The van der Waals surface area contributed by atoms with Crippen LogP contribution in [0.2, 0.25) is 0 Å². The Balaban J connectivity index is 1.41. The lowest BCUT2D eigenvalue weighted by Crippen LogP contribution is -2.44. The average molecular weight is 390 g/mol. The number of carbonyl (C=O) groups excluding carboxylic acids is 2. The van der Waals surface area contributed by atoms with Gasteiger partial charge in [0.1, 0.15) is 6.54 Å².